The Balaban J connectivity index is 1.33. The molecule has 2 N–H and O–H groups in total. The molecule has 0 bridgehead atoms. The monoisotopic (exact) mass is 460 g/mol. The van der Waals surface area contributed by atoms with Crippen molar-refractivity contribution in [2.45, 2.75) is 0 Å². The molecule has 0 amide bonds. The van der Waals surface area contributed by atoms with Crippen molar-refractivity contribution >= 4 is 39.0 Å². The summed E-state index contributed by atoms with van der Waals surface area (Å²) in [5.41, 5.74) is 6.05. The van der Waals surface area contributed by atoms with Crippen molar-refractivity contribution in [3.8, 4) is 12.1 Å². The SMILES string of the molecule is CN1CC(c2c[nH]c3nc(N4CC(c5c[nH]c6ncccc56)=CC(C#N)C4)ccc23)=CC(C#N)C1. The number of aromatic nitrogens is 4. The van der Waals surface area contributed by atoms with Crippen molar-refractivity contribution in [2.75, 3.05) is 38.1 Å². The zero-order valence-electron chi connectivity index (χ0n) is 19.4. The molecule has 0 fully saturated rings. The van der Waals surface area contributed by atoms with Crippen LogP contribution in [0.5, 0.6) is 0 Å². The summed E-state index contributed by atoms with van der Waals surface area (Å²) in [4.78, 5) is 20.2. The number of nitrogens with zero attached hydrogens (tertiary/aromatic N) is 6. The van der Waals surface area contributed by atoms with Gasteiger partial charge in [0.1, 0.15) is 17.1 Å². The second kappa shape index (κ2) is 8.43. The normalized spacial score (nSPS) is 20.9. The number of hydrogen-bond donors (Lipinski definition) is 2. The Bertz CT molecular complexity index is 1570. The van der Waals surface area contributed by atoms with Crippen LogP contribution in [0.25, 0.3) is 33.2 Å². The topological polar surface area (TPSA) is 111 Å². The van der Waals surface area contributed by atoms with E-state index in [1.807, 2.05) is 37.6 Å². The molecular formula is C27H24N8. The highest BCUT2D eigenvalue weighted by atomic mass is 15.2. The zero-order valence-corrected chi connectivity index (χ0v) is 19.4. The predicted molar refractivity (Wildman–Crippen MR) is 136 cm³/mol. The van der Waals surface area contributed by atoms with Gasteiger partial charge in [0.05, 0.1) is 24.0 Å². The Kier molecular flexibility index (Phi) is 5.09. The number of likely N-dealkylation sites (N-methyl/N-ethyl adjacent to an activating group) is 1. The Morgan fingerprint density at radius 2 is 1.57 bits per heavy atom. The van der Waals surface area contributed by atoms with Gasteiger partial charge in [-0.05, 0) is 42.5 Å². The van der Waals surface area contributed by atoms with Crippen molar-refractivity contribution in [2.24, 2.45) is 11.8 Å². The lowest BCUT2D eigenvalue weighted by atomic mass is 9.95. The van der Waals surface area contributed by atoms with E-state index < -0.39 is 0 Å². The van der Waals surface area contributed by atoms with Crippen LogP contribution in [-0.4, -0.2) is 58.1 Å². The number of nitrogens with one attached hydrogen (secondary N) is 2. The smallest absolute Gasteiger partial charge is 0.140 e. The molecule has 2 aliphatic heterocycles. The largest absolute Gasteiger partial charge is 0.351 e. The fourth-order valence-electron chi connectivity index (χ4n) is 5.23. The van der Waals surface area contributed by atoms with Gasteiger partial charge in [0, 0.05) is 66.7 Å². The molecule has 35 heavy (non-hydrogen) atoms. The van der Waals surface area contributed by atoms with Crippen molar-refractivity contribution in [3.05, 3.63) is 66.1 Å². The molecular weight excluding hydrogens is 436 g/mol. The zero-order chi connectivity index (χ0) is 23.9. The van der Waals surface area contributed by atoms with Gasteiger partial charge in [-0.2, -0.15) is 10.5 Å². The van der Waals surface area contributed by atoms with Crippen molar-refractivity contribution in [1.82, 2.24) is 24.8 Å². The molecule has 2 atom stereocenters. The van der Waals surface area contributed by atoms with E-state index in [2.05, 4.69) is 55.1 Å². The minimum Gasteiger partial charge on any atom is -0.351 e. The molecule has 6 heterocycles. The lowest BCUT2D eigenvalue weighted by Gasteiger charge is -2.30. The number of anilines is 1. The molecule has 2 aliphatic rings. The number of nitriles is 2. The molecule has 0 spiro atoms. The molecule has 172 valence electrons. The quantitative estimate of drug-likeness (QED) is 0.479. The molecule has 0 aliphatic carbocycles. The van der Waals surface area contributed by atoms with Crippen LogP contribution in [-0.2, 0) is 0 Å². The molecule has 8 nitrogen and oxygen atoms in total. The molecule has 0 radical (unpaired) electrons. The number of aromatic amines is 2. The Morgan fingerprint density at radius 1 is 0.886 bits per heavy atom. The summed E-state index contributed by atoms with van der Waals surface area (Å²) in [7, 11) is 2.04. The highest BCUT2D eigenvalue weighted by Crippen LogP contribution is 2.33. The van der Waals surface area contributed by atoms with E-state index in [-0.39, 0.29) is 11.8 Å². The highest BCUT2D eigenvalue weighted by Gasteiger charge is 2.25. The van der Waals surface area contributed by atoms with Crippen molar-refractivity contribution in [3.63, 3.8) is 0 Å². The van der Waals surface area contributed by atoms with Gasteiger partial charge >= 0.3 is 0 Å². The first-order chi connectivity index (χ1) is 17.1. The van der Waals surface area contributed by atoms with Gasteiger partial charge < -0.3 is 19.8 Å². The highest BCUT2D eigenvalue weighted by molar-refractivity contribution is 5.93. The Morgan fingerprint density at radius 3 is 2.34 bits per heavy atom. The van der Waals surface area contributed by atoms with Crippen molar-refractivity contribution < 1.29 is 0 Å². The summed E-state index contributed by atoms with van der Waals surface area (Å²) < 4.78 is 0. The Labute approximate surface area is 202 Å². The van der Waals surface area contributed by atoms with Gasteiger partial charge in [-0.1, -0.05) is 12.2 Å². The lowest BCUT2D eigenvalue weighted by molar-refractivity contribution is 0.346. The first-order valence-corrected chi connectivity index (χ1v) is 11.7. The third kappa shape index (κ3) is 3.74. The molecule has 6 rings (SSSR count). The summed E-state index contributed by atoms with van der Waals surface area (Å²) in [6, 6.07) is 12.9. The average molecular weight is 461 g/mol. The van der Waals surface area contributed by atoms with Crippen LogP contribution in [0.3, 0.4) is 0 Å². The first kappa shape index (κ1) is 21.2. The van der Waals surface area contributed by atoms with E-state index in [0.717, 1.165) is 63.2 Å². The van der Waals surface area contributed by atoms with Crippen LogP contribution >= 0.6 is 0 Å². The molecule has 0 aromatic carbocycles. The van der Waals surface area contributed by atoms with Gasteiger partial charge in [0.15, 0.2) is 0 Å². The van der Waals surface area contributed by atoms with Crippen molar-refractivity contribution in [1.29, 1.82) is 10.5 Å². The van der Waals surface area contributed by atoms with E-state index in [9.17, 15) is 10.5 Å². The lowest BCUT2D eigenvalue weighted by Crippen LogP contribution is -2.34. The van der Waals surface area contributed by atoms with Gasteiger partial charge in [0.25, 0.3) is 0 Å². The summed E-state index contributed by atoms with van der Waals surface area (Å²) in [5.74, 6) is 0.490. The number of H-pyrrole nitrogens is 2. The predicted octanol–water partition coefficient (Wildman–Crippen LogP) is 3.95. The second-order valence-corrected chi connectivity index (χ2v) is 9.30. The van der Waals surface area contributed by atoms with Crippen LogP contribution < -0.4 is 4.90 Å². The first-order valence-electron chi connectivity index (χ1n) is 11.7. The van der Waals surface area contributed by atoms with E-state index >= 15 is 0 Å². The van der Waals surface area contributed by atoms with Gasteiger partial charge in [-0.25, -0.2) is 9.97 Å². The Hall–Kier alpha value is -4.40. The second-order valence-electron chi connectivity index (χ2n) is 9.30. The van der Waals surface area contributed by atoms with E-state index in [0.29, 0.717) is 13.1 Å². The molecule has 0 saturated carbocycles. The maximum Gasteiger partial charge on any atom is 0.140 e. The third-order valence-electron chi connectivity index (χ3n) is 6.85. The fourth-order valence-corrected chi connectivity index (χ4v) is 5.23. The van der Waals surface area contributed by atoms with E-state index in [4.69, 9.17) is 4.98 Å². The molecule has 2 unspecified atom stereocenters. The number of fused-ring (bicyclic) bond motifs is 2. The molecule has 0 saturated heterocycles. The van der Waals surface area contributed by atoms with Gasteiger partial charge in [-0.3, -0.25) is 0 Å². The fraction of sp³-hybridized carbons (Fsp3) is 0.259. The number of rotatable bonds is 3. The molecule has 4 aromatic heterocycles. The number of hydrogen-bond acceptors (Lipinski definition) is 6. The average Bonchev–Trinajstić information content (AvgIpc) is 3.52. The standard InChI is InChI=1S/C27H24N8/c1-34-13-17(9-28)7-19(15-34)23-12-32-27-22(23)4-5-25(33-27)35-14-18(10-29)8-20(16-35)24-11-31-26-21(24)3-2-6-30-26/h2-8,11-12,17-18H,13-16H2,1H3,(H,30,31)(H,32,33). The number of pyridine rings is 2. The van der Waals surface area contributed by atoms with E-state index in [1.54, 1.807) is 6.20 Å². The minimum atomic E-state index is -0.233. The summed E-state index contributed by atoms with van der Waals surface area (Å²) in [5, 5.41) is 21.3. The molecule has 4 aromatic rings. The maximum atomic E-state index is 9.77. The van der Waals surface area contributed by atoms with Crippen LogP contribution in [0, 0.1) is 34.5 Å². The van der Waals surface area contributed by atoms with Gasteiger partial charge in [-0.15, -0.1) is 0 Å². The van der Waals surface area contributed by atoms with Crippen LogP contribution in [0.4, 0.5) is 5.82 Å². The van der Waals surface area contributed by atoms with Crippen LogP contribution in [0.2, 0.25) is 0 Å². The maximum absolute atomic E-state index is 9.77. The van der Waals surface area contributed by atoms with Gasteiger partial charge in [0.2, 0.25) is 0 Å². The van der Waals surface area contributed by atoms with Crippen LogP contribution in [0.1, 0.15) is 11.1 Å². The van der Waals surface area contributed by atoms with Crippen LogP contribution in [0.15, 0.2) is 55.0 Å². The third-order valence-corrected chi connectivity index (χ3v) is 6.85. The molecule has 8 heteroatoms. The minimum absolute atomic E-state index is 0.109. The summed E-state index contributed by atoms with van der Waals surface area (Å²) in [6.07, 6.45) is 9.87. The summed E-state index contributed by atoms with van der Waals surface area (Å²) in [6.45, 7) is 2.80. The van der Waals surface area contributed by atoms with E-state index in [1.165, 1.54) is 0 Å². The summed E-state index contributed by atoms with van der Waals surface area (Å²) >= 11 is 0.